The van der Waals surface area contributed by atoms with Gasteiger partial charge < -0.3 is 90.4 Å². The number of carbonyl (C=O) groups excluding carboxylic acids is 7. The van der Waals surface area contributed by atoms with E-state index in [-0.39, 0.29) is 55.0 Å². The molecule has 5 aliphatic rings. The number of carboxylic acid groups (broad SMARTS) is 1. The molecule has 11 N–H and O–H groups in total. The molecule has 28 nitrogen and oxygen atoms in total. The number of aryl methyl sites for hydroxylation is 1. The lowest BCUT2D eigenvalue weighted by molar-refractivity contribution is -0.271. The van der Waals surface area contributed by atoms with Crippen LogP contribution < -0.4 is 51.7 Å². The second-order valence-corrected chi connectivity index (χ2v) is 19.9. The Morgan fingerprint density at radius 1 is 0.863 bits per heavy atom. The molecule has 0 spiro atoms. The Morgan fingerprint density at radius 2 is 1.57 bits per heavy atom. The van der Waals surface area contributed by atoms with Crippen molar-refractivity contribution in [3.05, 3.63) is 80.1 Å². The van der Waals surface area contributed by atoms with E-state index in [1.165, 1.54) is 35.8 Å². The molecule has 426 valence electrons. The molecule has 1 fully saturated rings. The van der Waals surface area contributed by atoms with Crippen molar-refractivity contribution in [2.75, 3.05) is 38.5 Å². The highest BCUT2D eigenvalue weighted by Crippen LogP contribution is 2.50. The molecule has 2 aromatic carbocycles. The number of cyclic esters (lactones) is 1. The summed E-state index contributed by atoms with van der Waals surface area (Å²) in [5.41, 5.74) is 1.60. The van der Waals surface area contributed by atoms with Crippen LogP contribution in [-0.2, 0) is 84.2 Å². The van der Waals surface area contributed by atoms with E-state index in [9.17, 15) is 68.7 Å². The average Bonchev–Trinajstić information content (AvgIpc) is 4.28. The second-order valence-electron chi connectivity index (χ2n) is 19.3. The van der Waals surface area contributed by atoms with Crippen molar-refractivity contribution in [2.24, 2.45) is 0 Å². The van der Waals surface area contributed by atoms with Gasteiger partial charge >= 0.3 is 11.9 Å². The summed E-state index contributed by atoms with van der Waals surface area (Å²) in [6, 6.07) is 6.90. The summed E-state index contributed by atoms with van der Waals surface area (Å²) in [6.07, 6.45) is -9.89. The van der Waals surface area contributed by atoms with Crippen molar-refractivity contribution in [1.29, 1.82) is 0 Å². The van der Waals surface area contributed by atoms with Crippen LogP contribution in [0.25, 0.3) is 22.3 Å². The summed E-state index contributed by atoms with van der Waals surface area (Å²) < 4.78 is 34.8. The number of halogens is 1. The lowest BCUT2D eigenvalue weighted by atomic mass is 9.82. The number of amides is 6. The lowest BCUT2D eigenvalue weighted by Gasteiger charge is -2.38. The first-order valence-corrected chi connectivity index (χ1v) is 26.3. The van der Waals surface area contributed by atoms with Crippen LogP contribution in [0.1, 0.15) is 66.1 Å². The molecule has 0 unspecified atom stereocenters. The second kappa shape index (κ2) is 23.5. The maximum Gasteiger partial charge on any atom is 0.343 e. The standard InChI is InChI=1S/C51H55BrN8O20/c1-3-51(74)27-11-31-39-25(17-60(31)47(70)26(27)18-75-50(51)73)38-28(9-8-24-37(38)29(58-39)12-32-43(24)78-20-77-32)59-45(68)21(2)76-19-56-35(63)15-55-46(69)30(57-36(64)16-54-34(62)14-53-33(61)13-52)10-22-4-6-23(7-5-22)79-49-42(67)40(65)41(66)44(80-49)48(71)72/h4-7,11-12,21,28,30,40-42,44,49,65-67,74H,3,8-10,13-20H2,1-2H3,(H,53,61)(H,54,62)(H,55,69)(H,56,63)(H,57,64)(H,59,68)(H,71,72)/t21-,28+,30+,40+,41+,42-,44+,49-,51+/m1/s1. The van der Waals surface area contributed by atoms with Gasteiger partial charge in [-0.2, -0.15) is 0 Å². The highest BCUT2D eigenvalue weighted by Gasteiger charge is 2.49. The van der Waals surface area contributed by atoms with E-state index in [4.69, 9.17) is 33.4 Å². The minimum atomic E-state index is -2.05. The maximum absolute atomic E-state index is 14.1. The van der Waals surface area contributed by atoms with Crippen LogP contribution in [0.4, 0.5) is 0 Å². The van der Waals surface area contributed by atoms with Gasteiger partial charge in [0.05, 0.1) is 60.0 Å². The van der Waals surface area contributed by atoms with Crippen molar-refractivity contribution in [3.63, 3.8) is 0 Å². The van der Waals surface area contributed by atoms with Gasteiger partial charge in [-0.1, -0.05) is 35.0 Å². The van der Waals surface area contributed by atoms with Crippen LogP contribution in [0.5, 0.6) is 17.2 Å². The van der Waals surface area contributed by atoms with Gasteiger partial charge in [0.2, 0.25) is 48.5 Å². The predicted molar refractivity (Wildman–Crippen MR) is 273 cm³/mol. The SMILES string of the molecule is CC[C@@]1(O)C(=O)OCc2c1cc1n(c2=O)Cc2c-1nc1cc3c(c4c1c2[C@@H](NC(=O)[C@@H](C)OCNC(=O)CNC(=O)[C@H](Cc1ccc(O[C@@H]2O[C@H](C(=O)O)[C@@H](O)[C@H](O)[C@H]2O)cc1)NC(=O)CNC(=O)CNC(=O)CBr)CC4)OCO3. The number of aliphatic carboxylic acids is 1. The minimum Gasteiger partial charge on any atom is -0.479 e. The number of pyridine rings is 2. The largest absolute Gasteiger partial charge is 0.479 e. The molecule has 9 atom stereocenters. The van der Waals surface area contributed by atoms with Crippen molar-refractivity contribution in [2.45, 2.75) is 107 Å². The van der Waals surface area contributed by atoms with Gasteiger partial charge in [-0.25, -0.2) is 14.6 Å². The summed E-state index contributed by atoms with van der Waals surface area (Å²) >= 11 is 2.95. The topological polar surface area (TPSA) is 400 Å². The van der Waals surface area contributed by atoms with E-state index >= 15 is 0 Å². The zero-order valence-corrected chi connectivity index (χ0v) is 44.3. The first kappa shape index (κ1) is 56.9. The Morgan fingerprint density at radius 3 is 2.30 bits per heavy atom. The quantitative estimate of drug-likeness (QED) is 0.0212. The Labute approximate surface area is 460 Å². The number of rotatable bonds is 20. The number of carbonyl (C=O) groups is 8. The number of aliphatic hydroxyl groups excluding tert-OH is 3. The van der Waals surface area contributed by atoms with Gasteiger partial charge in [-0.15, -0.1) is 0 Å². The molecule has 6 amide bonds. The van der Waals surface area contributed by atoms with E-state index < -0.39 is 134 Å². The zero-order chi connectivity index (χ0) is 57.3. The number of alkyl halides is 1. The number of fused-ring (bicyclic) bond motifs is 7. The molecule has 6 heterocycles. The van der Waals surface area contributed by atoms with Gasteiger partial charge in [0, 0.05) is 34.6 Å². The maximum atomic E-state index is 14.1. The number of carboxylic acids is 1. The molecule has 0 saturated carbocycles. The Hall–Kier alpha value is -7.80. The van der Waals surface area contributed by atoms with Gasteiger partial charge in [-0.3, -0.25) is 33.6 Å². The predicted octanol–water partition coefficient (Wildman–Crippen LogP) is -2.87. The third kappa shape index (κ3) is 11.3. The summed E-state index contributed by atoms with van der Waals surface area (Å²) in [7, 11) is 0. The van der Waals surface area contributed by atoms with Gasteiger partial charge in [-0.05, 0) is 55.5 Å². The molecular weight excluding hydrogens is 1120 g/mol. The number of aliphatic hydroxyl groups is 4. The minimum absolute atomic E-state index is 0.00661. The summed E-state index contributed by atoms with van der Waals surface area (Å²) in [4.78, 5) is 121. The molecule has 9 rings (SSSR count). The van der Waals surface area contributed by atoms with Crippen LogP contribution >= 0.6 is 15.9 Å². The molecule has 4 aromatic rings. The van der Waals surface area contributed by atoms with E-state index in [0.29, 0.717) is 63.3 Å². The smallest absolute Gasteiger partial charge is 0.343 e. The summed E-state index contributed by atoms with van der Waals surface area (Å²) in [6.45, 7) is 0.641. The van der Waals surface area contributed by atoms with Crippen molar-refractivity contribution in [1.82, 2.24) is 41.5 Å². The highest BCUT2D eigenvalue weighted by atomic mass is 79.9. The summed E-state index contributed by atoms with van der Waals surface area (Å²) in [5.74, 6) is -5.61. The molecule has 0 radical (unpaired) electrons. The fraction of sp³-hybridized carbons (Fsp3) is 0.451. The highest BCUT2D eigenvalue weighted by molar-refractivity contribution is 9.09. The Balaban J connectivity index is 0.833. The van der Waals surface area contributed by atoms with E-state index in [1.807, 2.05) is 0 Å². The van der Waals surface area contributed by atoms with E-state index in [2.05, 4.69) is 47.8 Å². The normalized spacial score (nSPS) is 22.8. The molecule has 0 bridgehead atoms. The third-order valence-corrected chi connectivity index (χ3v) is 14.8. The van der Waals surface area contributed by atoms with Gasteiger partial charge in [0.15, 0.2) is 23.2 Å². The molecule has 4 aliphatic heterocycles. The molecular formula is C51H55BrN8O20. The van der Waals surface area contributed by atoms with E-state index in [0.717, 1.165) is 5.56 Å². The number of esters is 1. The fourth-order valence-electron chi connectivity index (χ4n) is 10.0. The third-order valence-electron chi connectivity index (χ3n) is 14.3. The van der Waals surface area contributed by atoms with Crippen LogP contribution in [-0.4, -0.2) is 164 Å². The van der Waals surface area contributed by atoms with Crippen molar-refractivity contribution < 1.29 is 92.3 Å². The fourth-order valence-corrected chi connectivity index (χ4v) is 10.2. The number of hydrogen-bond acceptors (Lipinski definition) is 20. The zero-order valence-electron chi connectivity index (χ0n) is 42.7. The number of nitrogens with zero attached hydrogens (tertiary/aromatic N) is 2. The molecule has 1 saturated heterocycles. The molecule has 29 heteroatoms. The Bertz CT molecular complexity index is 3250. The molecule has 2 aromatic heterocycles. The number of benzene rings is 2. The van der Waals surface area contributed by atoms with Crippen LogP contribution in [0.3, 0.4) is 0 Å². The summed E-state index contributed by atoms with van der Waals surface area (Å²) in [5, 5.41) is 67.1. The van der Waals surface area contributed by atoms with Crippen LogP contribution in [0.2, 0.25) is 0 Å². The number of ether oxygens (including phenoxy) is 6. The van der Waals surface area contributed by atoms with E-state index in [1.54, 1.807) is 19.1 Å². The molecule has 1 aliphatic carbocycles. The first-order valence-electron chi connectivity index (χ1n) is 25.2. The van der Waals surface area contributed by atoms with Gasteiger partial charge in [0.25, 0.3) is 5.56 Å². The number of hydrogen-bond donors (Lipinski definition) is 11. The first-order chi connectivity index (χ1) is 38.2. The van der Waals surface area contributed by atoms with Crippen LogP contribution in [0, 0.1) is 0 Å². The molecule has 80 heavy (non-hydrogen) atoms. The lowest BCUT2D eigenvalue weighted by Crippen LogP contribution is -2.61. The van der Waals surface area contributed by atoms with Crippen molar-refractivity contribution >= 4 is 74.2 Å². The number of nitrogens with one attached hydrogen (secondary N) is 6. The van der Waals surface area contributed by atoms with Crippen molar-refractivity contribution in [3.8, 4) is 28.6 Å². The number of aromatic nitrogens is 2. The van der Waals surface area contributed by atoms with Gasteiger partial charge in [0.1, 0.15) is 49.5 Å². The monoisotopic (exact) mass is 1180 g/mol. The van der Waals surface area contributed by atoms with Crippen LogP contribution in [0.15, 0.2) is 41.2 Å². The Kier molecular flexibility index (Phi) is 16.7. The average molecular weight is 1180 g/mol.